The SMILES string of the molecule is C=CCCCOC(=O)[C@H]1[C@H]2C(=O)N(CCCCCCO)C(C(=O)N(CC=C)c3c(C)cccc3Cl)C23CC[C@]1(C)O3. The fourth-order valence-electron chi connectivity index (χ4n) is 7.07. The van der Waals surface area contributed by atoms with Crippen molar-refractivity contribution in [2.75, 3.05) is 31.2 Å². The molecular formula is C32H43ClN2O6. The number of ether oxygens (including phenoxy) is 2. The number of nitrogens with zero attached hydrogens (tertiary/aromatic N) is 2. The molecule has 5 atom stereocenters. The first-order valence-electron chi connectivity index (χ1n) is 14.7. The lowest BCUT2D eigenvalue weighted by Crippen LogP contribution is -2.56. The number of rotatable bonds is 15. The van der Waals surface area contributed by atoms with Crippen molar-refractivity contribution in [1.82, 2.24) is 4.90 Å². The van der Waals surface area contributed by atoms with Gasteiger partial charge in [0.25, 0.3) is 5.91 Å². The molecule has 0 aliphatic carbocycles. The Bertz CT molecular complexity index is 1150. The first-order chi connectivity index (χ1) is 19.7. The molecule has 1 aromatic carbocycles. The molecule has 2 unspecified atom stereocenters. The van der Waals surface area contributed by atoms with Gasteiger partial charge in [0.15, 0.2) is 0 Å². The number of halogens is 1. The van der Waals surface area contributed by atoms with E-state index in [9.17, 15) is 19.5 Å². The zero-order valence-electron chi connectivity index (χ0n) is 24.3. The topological polar surface area (TPSA) is 96.4 Å². The third-order valence-electron chi connectivity index (χ3n) is 8.90. The highest BCUT2D eigenvalue weighted by Crippen LogP contribution is 2.63. The second-order valence-electron chi connectivity index (χ2n) is 11.6. The van der Waals surface area contributed by atoms with Gasteiger partial charge in [-0.2, -0.15) is 0 Å². The molecule has 1 N–H and O–H groups in total. The molecule has 3 aliphatic rings. The molecule has 0 aromatic heterocycles. The van der Waals surface area contributed by atoms with Crippen molar-refractivity contribution in [1.29, 1.82) is 0 Å². The van der Waals surface area contributed by atoms with E-state index in [0.717, 1.165) is 24.8 Å². The number of anilines is 1. The minimum Gasteiger partial charge on any atom is -0.465 e. The van der Waals surface area contributed by atoms with Gasteiger partial charge >= 0.3 is 5.97 Å². The zero-order chi connectivity index (χ0) is 29.8. The average Bonchev–Trinajstić information content (AvgIpc) is 3.50. The van der Waals surface area contributed by atoms with Crippen LogP contribution in [0.5, 0.6) is 0 Å². The van der Waals surface area contributed by atoms with Crippen LogP contribution in [0.2, 0.25) is 5.02 Å². The van der Waals surface area contributed by atoms with Gasteiger partial charge in [0, 0.05) is 19.7 Å². The number of benzene rings is 1. The monoisotopic (exact) mass is 586 g/mol. The molecule has 3 aliphatic heterocycles. The van der Waals surface area contributed by atoms with Gasteiger partial charge in [-0.3, -0.25) is 14.4 Å². The molecular weight excluding hydrogens is 544 g/mol. The number of allylic oxidation sites excluding steroid dienone is 1. The van der Waals surface area contributed by atoms with Gasteiger partial charge in [-0.1, -0.05) is 48.7 Å². The predicted molar refractivity (Wildman–Crippen MR) is 159 cm³/mol. The summed E-state index contributed by atoms with van der Waals surface area (Å²) in [5, 5.41) is 9.61. The van der Waals surface area contributed by atoms with Crippen LogP contribution >= 0.6 is 11.6 Å². The summed E-state index contributed by atoms with van der Waals surface area (Å²) >= 11 is 6.63. The van der Waals surface area contributed by atoms with Gasteiger partial charge < -0.3 is 24.4 Å². The van der Waals surface area contributed by atoms with E-state index < -0.39 is 35.0 Å². The number of unbranched alkanes of at least 4 members (excludes halogenated alkanes) is 4. The summed E-state index contributed by atoms with van der Waals surface area (Å²) in [6, 6.07) is 4.54. The van der Waals surface area contributed by atoms with Crippen LogP contribution in [0.1, 0.15) is 63.9 Å². The Morgan fingerprint density at radius 2 is 1.95 bits per heavy atom. The van der Waals surface area contributed by atoms with Crippen LogP contribution in [0, 0.1) is 18.8 Å². The molecule has 1 spiro atoms. The molecule has 224 valence electrons. The Kier molecular flexibility index (Phi) is 9.98. The van der Waals surface area contributed by atoms with Crippen molar-refractivity contribution in [2.24, 2.45) is 11.8 Å². The second kappa shape index (κ2) is 13.1. The summed E-state index contributed by atoms with van der Waals surface area (Å²) in [6.07, 6.45) is 8.79. The number of hydrogen-bond acceptors (Lipinski definition) is 6. The molecule has 0 saturated carbocycles. The maximum Gasteiger partial charge on any atom is 0.312 e. The number of aryl methyl sites for hydroxylation is 1. The molecule has 3 saturated heterocycles. The number of fused-ring (bicyclic) bond motifs is 1. The standard InChI is InChI=1S/C32H43ClN2O6/c1-5-7-12-21-40-30(39)25-24-28(37)35(19-10-8-9-11-20-36)27(32(24)17-16-31(25,4)41-32)29(38)34(18-6-2)26-22(3)14-13-15-23(26)33/h5-6,13-15,24-25,27,36H,1-2,7-12,16-21H2,3-4H3/t24-,25+,27?,31-,32?/m0/s1. The first kappa shape index (κ1) is 31.3. The van der Waals surface area contributed by atoms with E-state index in [2.05, 4.69) is 13.2 Å². The molecule has 3 fully saturated rings. The van der Waals surface area contributed by atoms with Crippen molar-refractivity contribution >= 4 is 35.1 Å². The van der Waals surface area contributed by atoms with Gasteiger partial charge in [-0.05, 0) is 64.0 Å². The lowest BCUT2D eigenvalue weighted by atomic mass is 9.66. The van der Waals surface area contributed by atoms with Crippen molar-refractivity contribution in [3.63, 3.8) is 0 Å². The Hall–Kier alpha value is -2.68. The van der Waals surface area contributed by atoms with Crippen LogP contribution in [0.4, 0.5) is 5.69 Å². The van der Waals surface area contributed by atoms with E-state index in [-0.39, 0.29) is 31.6 Å². The third-order valence-corrected chi connectivity index (χ3v) is 9.21. The number of likely N-dealkylation sites (tertiary alicyclic amines) is 1. The summed E-state index contributed by atoms with van der Waals surface area (Å²) in [6.45, 7) is 12.2. The van der Waals surface area contributed by atoms with E-state index in [0.29, 0.717) is 49.4 Å². The summed E-state index contributed by atoms with van der Waals surface area (Å²) in [7, 11) is 0. The number of hydrogen-bond donors (Lipinski definition) is 1. The summed E-state index contributed by atoms with van der Waals surface area (Å²) in [4.78, 5) is 45.7. The maximum absolute atomic E-state index is 14.7. The number of para-hydroxylation sites is 1. The lowest BCUT2D eigenvalue weighted by Gasteiger charge is -2.37. The molecule has 1 aromatic rings. The third kappa shape index (κ3) is 5.71. The van der Waals surface area contributed by atoms with E-state index in [4.69, 9.17) is 21.1 Å². The van der Waals surface area contributed by atoms with Gasteiger partial charge in [0.1, 0.15) is 17.6 Å². The van der Waals surface area contributed by atoms with Gasteiger partial charge in [-0.15, -0.1) is 13.2 Å². The number of carbonyl (C=O) groups excluding carboxylic acids is 3. The van der Waals surface area contributed by atoms with E-state index >= 15 is 0 Å². The largest absolute Gasteiger partial charge is 0.465 e. The van der Waals surface area contributed by atoms with Crippen molar-refractivity contribution < 1.29 is 29.0 Å². The fraction of sp³-hybridized carbons (Fsp3) is 0.594. The van der Waals surface area contributed by atoms with Crippen LogP contribution in [-0.4, -0.2) is 71.3 Å². The van der Waals surface area contributed by atoms with Crippen LogP contribution < -0.4 is 4.90 Å². The normalized spacial score (nSPS) is 28.0. The number of aliphatic hydroxyl groups is 1. The van der Waals surface area contributed by atoms with Crippen LogP contribution in [0.15, 0.2) is 43.5 Å². The number of aliphatic hydroxyl groups excluding tert-OH is 1. The molecule has 8 nitrogen and oxygen atoms in total. The maximum atomic E-state index is 14.7. The minimum atomic E-state index is -1.15. The van der Waals surface area contributed by atoms with Crippen molar-refractivity contribution in [2.45, 2.75) is 82.5 Å². The number of carbonyl (C=O) groups is 3. The highest BCUT2D eigenvalue weighted by molar-refractivity contribution is 6.34. The van der Waals surface area contributed by atoms with E-state index in [1.54, 1.807) is 28.0 Å². The molecule has 2 bridgehead atoms. The quantitative estimate of drug-likeness (QED) is 0.177. The molecule has 0 radical (unpaired) electrons. The lowest BCUT2D eigenvalue weighted by molar-refractivity contribution is -0.159. The summed E-state index contributed by atoms with van der Waals surface area (Å²) < 4.78 is 12.4. The Morgan fingerprint density at radius 1 is 1.20 bits per heavy atom. The Morgan fingerprint density at radius 3 is 2.63 bits per heavy atom. The van der Waals surface area contributed by atoms with Gasteiger partial charge in [0.2, 0.25) is 5.91 Å². The van der Waals surface area contributed by atoms with Crippen LogP contribution in [-0.2, 0) is 23.9 Å². The summed E-state index contributed by atoms with van der Waals surface area (Å²) in [5.74, 6) is -2.58. The number of amides is 2. The van der Waals surface area contributed by atoms with Gasteiger partial charge in [0.05, 0.1) is 28.8 Å². The number of esters is 1. The van der Waals surface area contributed by atoms with E-state index in [1.807, 2.05) is 26.0 Å². The highest BCUT2D eigenvalue weighted by Gasteiger charge is 2.78. The van der Waals surface area contributed by atoms with Crippen molar-refractivity contribution in [3.05, 3.63) is 54.1 Å². The Balaban J connectivity index is 1.72. The molecule has 2 amide bonds. The van der Waals surface area contributed by atoms with E-state index in [1.165, 1.54) is 0 Å². The predicted octanol–water partition coefficient (Wildman–Crippen LogP) is 4.99. The zero-order valence-corrected chi connectivity index (χ0v) is 25.0. The summed E-state index contributed by atoms with van der Waals surface area (Å²) in [5.41, 5.74) is -0.643. The minimum absolute atomic E-state index is 0.117. The smallest absolute Gasteiger partial charge is 0.312 e. The average molecular weight is 587 g/mol. The van der Waals surface area contributed by atoms with Crippen molar-refractivity contribution in [3.8, 4) is 0 Å². The molecule has 3 heterocycles. The second-order valence-corrected chi connectivity index (χ2v) is 12.0. The Labute approximate surface area is 248 Å². The molecule has 9 heteroatoms. The van der Waals surface area contributed by atoms with Crippen LogP contribution in [0.3, 0.4) is 0 Å². The van der Waals surface area contributed by atoms with Gasteiger partial charge in [-0.25, -0.2) is 0 Å². The molecule has 4 rings (SSSR count). The first-order valence-corrected chi connectivity index (χ1v) is 15.1. The van der Waals surface area contributed by atoms with Crippen LogP contribution in [0.25, 0.3) is 0 Å². The fourth-order valence-corrected chi connectivity index (χ4v) is 7.40. The highest BCUT2D eigenvalue weighted by atomic mass is 35.5. The molecule has 41 heavy (non-hydrogen) atoms.